The molecule has 0 saturated carbocycles. The van der Waals surface area contributed by atoms with Gasteiger partial charge in [-0.05, 0) is 17.7 Å². The molecule has 1 aliphatic rings. The van der Waals surface area contributed by atoms with Gasteiger partial charge in [-0.25, -0.2) is 0 Å². The molecule has 0 spiro atoms. The predicted octanol–water partition coefficient (Wildman–Crippen LogP) is 2.36. The first-order chi connectivity index (χ1) is 7.29. The van der Waals surface area contributed by atoms with Crippen molar-refractivity contribution >= 4 is 17.0 Å². The second-order valence-electron chi connectivity index (χ2n) is 3.38. The van der Waals surface area contributed by atoms with Crippen molar-refractivity contribution in [3.63, 3.8) is 0 Å². The van der Waals surface area contributed by atoms with E-state index in [0.29, 0.717) is 6.54 Å². The lowest BCUT2D eigenvalue weighted by molar-refractivity contribution is 0.228. The average Bonchev–Trinajstić information content (AvgIpc) is 2.66. The van der Waals surface area contributed by atoms with Crippen LogP contribution in [0.1, 0.15) is 5.56 Å². The maximum absolute atomic E-state index is 11.4. The van der Waals surface area contributed by atoms with Crippen LogP contribution in [0.2, 0.25) is 0 Å². The SMILES string of the molecule is COc1ccc(CN2CCSC2=O)cc1. The number of benzene rings is 1. The molecule has 2 rings (SSSR count). The van der Waals surface area contributed by atoms with Gasteiger partial charge in [0, 0.05) is 18.8 Å². The topological polar surface area (TPSA) is 29.5 Å². The lowest BCUT2D eigenvalue weighted by Crippen LogP contribution is -2.22. The van der Waals surface area contributed by atoms with E-state index in [-0.39, 0.29) is 5.24 Å². The van der Waals surface area contributed by atoms with Crippen LogP contribution < -0.4 is 4.74 Å². The molecule has 1 aromatic rings. The number of hydrogen-bond acceptors (Lipinski definition) is 3. The van der Waals surface area contributed by atoms with E-state index < -0.39 is 0 Å². The van der Waals surface area contributed by atoms with Crippen molar-refractivity contribution in [2.45, 2.75) is 6.54 Å². The molecule has 0 aromatic heterocycles. The Hall–Kier alpha value is -1.16. The molecular formula is C11H13NO2S. The molecule has 1 fully saturated rings. The molecule has 1 heterocycles. The lowest BCUT2D eigenvalue weighted by Gasteiger charge is -2.14. The summed E-state index contributed by atoms with van der Waals surface area (Å²) >= 11 is 1.39. The summed E-state index contributed by atoms with van der Waals surface area (Å²) in [6.07, 6.45) is 0. The number of methoxy groups -OCH3 is 1. The fraction of sp³-hybridized carbons (Fsp3) is 0.364. The smallest absolute Gasteiger partial charge is 0.282 e. The van der Waals surface area contributed by atoms with E-state index in [1.165, 1.54) is 11.8 Å². The second-order valence-corrected chi connectivity index (χ2v) is 4.43. The molecule has 0 N–H and O–H groups in total. The Balaban J connectivity index is 2.01. The predicted molar refractivity (Wildman–Crippen MR) is 61.3 cm³/mol. The molecule has 1 aromatic carbocycles. The van der Waals surface area contributed by atoms with Crippen molar-refractivity contribution in [1.29, 1.82) is 0 Å². The van der Waals surface area contributed by atoms with Crippen LogP contribution in [-0.4, -0.2) is 29.5 Å². The first-order valence-corrected chi connectivity index (χ1v) is 5.83. The van der Waals surface area contributed by atoms with Gasteiger partial charge in [-0.1, -0.05) is 23.9 Å². The van der Waals surface area contributed by atoms with Crippen LogP contribution in [0.3, 0.4) is 0 Å². The minimum absolute atomic E-state index is 0.186. The summed E-state index contributed by atoms with van der Waals surface area (Å²) in [4.78, 5) is 13.2. The van der Waals surface area contributed by atoms with Crippen LogP contribution in [0.15, 0.2) is 24.3 Å². The number of hydrogen-bond donors (Lipinski definition) is 0. The van der Waals surface area contributed by atoms with Gasteiger partial charge in [0.15, 0.2) is 0 Å². The zero-order valence-electron chi connectivity index (χ0n) is 8.60. The summed E-state index contributed by atoms with van der Waals surface area (Å²) < 4.78 is 5.08. The van der Waals surface area contributed by atoms with E-state index in [0.717, 1.165) is 23.6 Å². The second kappa shape index (κ2) is 4.57. The maximum atomic E-state index is 11.4. The zero-order valence-corrected chi connectivity index (χ0v) is 9.42. The van der Waals surface area contributed by atoms with Gasteiger partial charge in [0.25, 0.3) is 5.24 Å². The van der Waals surface area contributed by atoms with Crippen molar-refractivity contribution < 1.29 is 9.53 Å². The summed E-state index contributed by atoms with van der Waals surface area (Å²) in [7, 11) is 1.65. The van der Waals surface area contributed by atoms with Gasteiger partial charge >= 0.3 is 0 Å². The quantitative estimate of drug-likeness (QED) is 0.788. The highest BCUT2D eigenvalue weighted by atomic mass is 32.2. The number of nitrogens with zero attached hydrogens (tertiary/aromatic N) is 1. The van der Waals surface area contributed by atoms with Crippen molar-refractivity contribution in [1.82, 2.24) is 4.90 Å². The molecule has 3 nitrogen and oxygen atoms in total. The number of ether oxygens (including phenoxy) is 1. The molecule has 0 atom stereocenters. The third kappa shape index (κ3) is 2.45. The zero-order chi connectivity index (χ0) is 10.7. The minimum atomic E-state index is 0.186. The molecule has 0 aliphatic carbocycles. The fourth-order valence-electron chi connectivity index (χ4n) is 1.52. The number of rotatable bonds is 3. The van der Waals surface area contributed by atoms with E-state index in [1.54, 1.807) is 7.11 Å². The van der Waals surface area contributed by atoms with E-state index in [2.05, 4.69) is 0 Å². The van der Waals surface area contributed by atoms with Crippen LogP contribution in [0.5, 0.6) is 5.75 Å². The molecule has 0 unspecified atom stereocenters. The molecule has 1 aliphatic heterocycles. The fourth-order valence-corrected chi connectivity index (χ4v) is 2.35. The van der Waals surface area contributed by atoms with E-state index in [4.69, 9.17) is 4.74 Å². The summed E-state index contributed by atoms with van der Waals surface area (Å²) in [5.74, 6) is 1.76. The van der Waals surface area contributed by atoms with Crippen LogP contribution >= 0.6 is 11.8 Å². The third-order valence-electron chi connectivity index (χ3n) is 2.38. The molecular weight excluding hydrogens is 210 g/mol. The van der Waals surface area contributed by atoms with Crippen molar-refractivity contribution in [3.05, 3.63) is 29.8 Å². The van der Waals surface area contributed by atoms with Gasteiger partial charge in [-0.2, -0.15) is 0 Å². The summed E-state index contributed by atoms with van der Waals surface area (Å²) in [5.41, 5.74) is 1.15. The van der Waals surface area contributed by atoms with E-state index >= 15 is 0 Å². The van der Waals surface area contributed by atoms with Crippen molar-refractivity contribution in [2.24, 2.45) is 0 Å². The van der Waals surface area contributed by atoms with Crippen molar-refractivity contribution in [3.8, 4) is 5.75 Å². The molecule has 15 heavy (non-hydrogen) atoms. The summed E-state index contributed by atoms with van der Waals surface area (Å²) in [6, 6.07) is 7.83. The molecule has 0 radical (unpaired) electrons. The Labute approximate surface area is 93.4 Å². The molecule has 4 heteroatoms. The highest BCUT2D eigenvalue weighted by Gasteiger charge is 2.20. The summed E-state index contributed by atoms with van der Waals surface area (Å²) in [6.45, 7) is 1.56. The number of carbonyl (C=O) groups is 1. The van der Waals surface area contributed by atoms with E-state index in [1.807, 2.05) is 29.2 Å². The molecule has 1 saturated heterocycles. The Bertz CT molecular complexity index is 350. The standard InChI is InChI=1S/C11H13NO2S/c1-14-10-4-2-9(3-5-10)8-12-6-7-15-11(12)13/h2-5H,6-8H2,1H3. The van der Waals surface area contributed by atoms with Crippen LogP contribution in [-0.2, 0) is 6.54 Å². The third-order valence-corrected chi connectivity index (χ3v) is 3.27. The Morgan fingerprint density at radius 3 is 2.67 bits per heavy atom. The Kier molecular flexibility index (Phi) is 3.16. The maximum Gasteiger partial charge on any atom is 0.282 e. The number of thioether (sulfide) groups is 1. The van der Waals surface area contributed by atoms with Crippen LogP contribution in [0.4, 0.5) is 4.79 Å². The summed E-state index contributed by atoms with van der Waals surface area (Å²) in [5, 5.41) is 0.186. The van der Waals surface area contributed by atoms with E-state index in [9.17, 15) is 4.79 Å². The minimum Gasteiger partial charge on any atom is -0.497 e. The normalized spacial score (nSPS) is 15.8. The van der Waals surface area contributed by atoms with Gasteiger partial charge in [0.2, 0.25) is 0 Å². The first-order valence-electron chi connectivity index (χ1n) is 4.84. The number of amides is 1. The monoisotopic (exact) mass is 223 g/mol. The van der Waals surface area contributed by atoms with Gasteiger partial charge in [0.1, 0.15) is 5.75 Å². The molecule has 0 bridgehead atoms. The van der Waals surface area contributed by atoms with Gasteiger partial charge in [0.05, 0.1) is 7.11 Å². The first kappa shape index (κ1) is 10.4. The van der Waals surface area contributed by atoms with Gasteiger partial charge < -0.3 is 9.64 Å². The van der Waals surface area contributed by atoms with Crippen LogP contribution in [0, 0.1) is 0 Å². The van der Waals surface area contributed by atoms with Gasteiger partial charge in [-0.3, -0.25) is 4.79 Å². The average molecular weight is 223 g/mol. The van der Waals surface area contributed by atoms with Crippen molar-refractivity contribution in [2.75, 3.05) is 19.4 Å². The van der Waals surface area contributed by atoms with Crippen LogP contribution in [0.25, 0.3) is 0 Å². The Morgan fingerprint density at radius 1 is 1.40 bits per heavy atom. The molecule has 80 valence electrons. The number of carbonyl (C=O) groups excluding carboxylic acids is 1. The largest absolute Gasteiger partial charge is 0.497 e. The molecule has 1 amide bonds. The highest BCUT2D eigenvalue weighted by molar-refractivity contribution is 8.13. The highest BCUT2D eigenvalue weighted by Crippen LogP contribution is 2.20. The Morgan fingerprint density at radius 2 is 2.13 bits per heavy atom. The lowest BCUT2D eigenvalue weighted by atomic mass is 10.2. The van der Waals surface area contributed by atoms with Gasteiger partial charge in [-0.15, -0.1) is 0 Å².